The van der Waals surface area contributed by atoms with Crippen LogP contribution in [0.25, 0.3) is 0 Å². The van der Waals surface area contributed by atoms with Gasteiger partial charge in [0, 0.05) is 11.9 Å². The zero-order valence-corrected chi connectivity index (χ0v) is 10.0. The topological polar surface area (TPSA) is 42.2 Å². The lowest BCUT2D eigenvalue weighted by Gasteiger charge is -2.04. The molecule has 1 unspecified atom stereocenters. The predicted molar refractivity (Wildman–Crippen MR) is 60.4 cm³/mol. The summed E-state index contributed by atoms with van der Waals surface area (Å²) in [6, 6.07) is 1.74. The maximum absolute atomic E-state index is 11.6. The lowest BCUT2D eigenvalue weighted by atomic mass is 10.2. The van der Waals surface area contributed by atoms with Crippen molar-refractivity contribution in [3.8, 4) is 0 Å². The molecule has 0 fully saturated rings. The fourth-order valence-corrected chi connectivity index (χ4v) is 1.45. The fraction of sp³-hybridized carbons (Fsp3) is 0.545. The second-order valence-electron chi connectivity index (χ2n) is 3.65. The second-order valence-corrected chi connectivity index (χ2v) is 4.40. The number of amides is 1. The first-order chi connectivity index (χ1) is 7.00. The summed E-state index contributed by atoms with van der Waals surface area (Å²) in [5.74, 6) is 1.31. The molecule has 0 aliphatic heterocycles. The summed E-state index contributed by atoms with van der Waals surface area (Å²) in [4.78, 5) is 11.6. The molecule has 0 saturated carbocycles. The van der Waals surface area contributed by atoms with Gasteiger partial charge in [-0.15, -0.1) is 11.6 Å². The van der Waals surface area contributed by atoms with E-state index in [9.17, 15) is 4.79 Å². The highest BCUT2D eigenvalue weighted by atomic mass is 35.5. The van der Waals surface area contributed by atoms with E-state index in [-0.39, 0.29) is 11.3 Å². The van der Waals surface area contributed by atoms with E-state index in [0.717, 1.165) is 12.2 Å². The molecule has 1 amide bonds. The van der Waals surface area contributed by atoms with Crippen LogP contribution in [0, 0.1) is 13.8 Å². The van der Waals surface area contributed by atoms with Crippen molar-refractivity contribution in [1.82, 2.24) is 5.32 Å². The van der Waals surface area contributed by atoms with E-state index >= 15 is 0 Å². The Balaban J connectivity index is 2.50. The SMILES string of the molecule is Cc1cc(C(=O)NCCC(C)Cl)c(C)o1. The monoisotopic (exact) mass is 229 g/mol. The number of hydrogen-bond acceptors (Lipinski definition) is 2. The van der Waals surface area contributed by atoms with Gasteiger partial charge in [-0.1, -0.05) is 0 Å². The molecular formula is C11H16ClNO2. The average molecular weight is 230 g/mol. The first kappa shape index (κ1) is 12.1. The van der Waals surface area contributed by atoms with Crippen LogP contribution in [-0.4, -0.2) is 17.8 Å². The van der Waals surface area contributed by atoms with Gasteiger partial charge in [0.25, 0.3) is 5.91 Å². The van der Waals surface area contributed by atoms with Gasteiger partial charge < -0.3 is 9.73 Å². The molecule has 1 heterocycles. The number of alkyl halides is 1. The van der Waals surface area contributed by atoms with Crippen molar-refractivity contribution in [3.05, 3.63) is 23.2 Å². The zero-order chi connectivity index (χ0) is 11.4. The Morgan fingerprint density at radius 1 is 1.60 bits per heavy atom. The van der Waals surface area contributed by atoms with Crippen molar-refractivity contribution in [2.24, 2.45) is 0 Å². The Morgan fingerprint density at radius 2 is 2.27 bits per heavy atom. The molecule has 0 aliphatic carbocycles. The molecular weight excluding hydrogens is 214 g/mol. The number of carbonyl (C=O) groups is 1. The molecule has 3 nitrogen and oxygen atoms in total. The molecule has 1 rings (SSSR count). The molecule has 0 radical (unpaired) electrons. The third-order valence-corrected chi connectivity index (χ3v) is 2.33. The Labute approximate surface area is 94.8 Å². The normalized spacial score (nSPS) is 12.5. The van der Waals surface area contributed by atoms with Crippen molar-refractivity contribution >= 4 is 17.5 Å². The van der Waals surface area contributed by atoms with Crippen LogP contribution in [0.5, 0.6) is 0 Å². The van der Waals surface area contributed by atoms with Crippen LogP contribution in [-0.2, 0) is 0 Å². The number of rotatable bonds is 4. The minimum atomic E-state index is -0.0957. The third kappa shape index (κ3) is 3.59. The van der Waals surface area contributed by atoms with Crippen molar-refractivity contribution in [1.29, 1.82) is 0 Å². The summed E-state index contributed by atoms with van der Waals surface area (Å²) >= 11 is 5.77. The van der Waals surface area contributed by atoms with E-state index < -0.39 is 0 Å². The second kappa shape index (κ2) is 5.21. The van der Waals surface area contributed by atoms with Gasteiger partial charge in [0.1, 0.15) is 11.5 Å². The van der Waals surface area contributed by atoms with Crippen LogP contribution in [0.15, 0.2) is 10.5 Å². The van der Waals surface area contributed by atoms with Crippen LogP contribution in [0.4, 0.5) is 0 Å². The lowest BCUT2D eigenvalue weighted by Crippen LogP contribution is -2.25. The summed E-state index contributed by atoms with van der Waals surface area (Å²) in [7, 11) is 0. The summed E-state index contributed by atoms with van der Waals surface area (Å²) in [5.41, 5.74) is 0.606. The molecule has 15 heavy (non-hydrogen) atoms. The third-order valence-electron chi connectivity index (χ3n) is 2.11. The highest BCUT2D eigenvalue weighted by molar-refractivity contribution is 6.20. The molecule has 4 heteroatoms. The number of halogens is 1. The van der Waals surface area contributed by atoms with Gasteiger partial charge in [-0.25, -0.2) is 0 Å². The first-order valence-electron chi connectivity index (χ1n) is 5.00. The first-order valence-corrected chi connectivity index (χ1v) is 5.43. The quantitative estimate of drug-likeness (QED) is 0.807. The highest BCUT2D eigenvalue weighted by Gasteiger charge is 2.12. The highest BCUT2D eigenvalue weighted by Crippen LogP contribution is 2.13. The summed E-state index contributed by atoms with van der Waals surface area (Å²) < 4.78 is 5.28. The van der Waals surface area contributed by atoms with E-state index in [2.05, 4.69) is 5.32 Å². The minimum absolute atomic E-state index is 0.0810. The van der Waals surface area contributed by atoms with Crippen molar-refractivity contribution < 1.29 is 9.21 Å². The van der Waals surface area contributed by atoms with E-state index in [1.807, 2.05) is 13.8 Å². The van der Waals surface area contributed by atoms with Gasteiger partial charge in [-0.05, 0) is 33.3 Å². The van der Waals surface area contributed by atoms with Gasteiger partial charge in [0.05, 0.1) is 5.56 Å². The summed E-state index contributed by atoms with van der Waals surface area (Å²) in [5, 5.41) is 2.88. The van der Waals surface area contributed by atoms with Crippen LogP contribution < -0.4 is 5.32 Å². The number of nitrogens with one attached hydrogen (secondary N) is 1. The number of furan rings is 1. The summed E-state index contributed by atoms with van der Waals surface area (Å²) in [6.45, 7) is 6.10. The average Bonchev–Trinajstić information content (AvgIpc) is 2.44. The smallest absolute Gasteiger partial charge is 0.254 e. The van der Waals surface area contributed by atoms with Crippen molar-refractivity contribution in [3.63, 3.8) is 0 Å². The van der Waals surface area contributed by atoms with Crippen LogP contribution >= 0.6 is 11.6 Å². The number of aryl methyl sites for hydroxylation is 2. The van der Waals surface area contributed by atoms with E-state index in [0.29, 0.717) is 17.9 Å². The maximum atomic E-state index is 11.6. The van der Waals surface area contributed by atoms with Gasteiger partial charge >= 0.3 is 0 Å². The molecule has 1 N–H and O–H groups in total. The van der Waals surface area contributed by atoms with Gasteiger partial charge in [-0.2, -0.15) is 0 Å². The molecule has 0 spiro atoms. The number of carbonyl (C=O) groups excluding carboxylic acids is 1. The Morgan fingerprint density at radius 3 is 2.73 bits per heavy atom. The van der Waals surface area contributed by atoms with E-state index in [1.165, 1.54) is 0 Å². The van der Waals surface area contributed by atoms with Crippen LogP contribution in [0.1, 0.15) is 35.2 Å². The molecule has 1 atom stereocenters. The van der Waals surface area contributed by atoms with Crippen LogP contribution in [0.3, 0.4) is 0 Å². The molecule has 1 aromatic heterocycles. The Bertz CT molecular complexity index is 344. The largest absolute Gasteiger partial charge is 0.466 e. The molecule has 1 aromatic rings. The number of hydrogen-bond donors (Lipinski definition) is 1. The maximum Gasteiger partial charge on any atom is 0.254 e. The summed E-state index contributed by atoms with van der Waals surface area (Å²) in [6.07, 6.45) is 0.767. The molecule has 0 saturated heterocycles. The van der Waals surface area contributed by atoms with Crippen molar-refractivity contribution in [2.75, 3.05) is 6.54 Å². The van der Waals surface area contributed by atoms with Gasteiger partial charge in [0.2, 0.25) is 0 Å². The standard InChI is InChI=1S/C11H16ClNO2/c1-7(12)4-5-13-11(14)10-6-8(2)15-9(10)3/h6-7H,4-5H2,1-3H3,(H,13,14). The van der Waals surface area contributed by atoms with E-state index in [4.69, 9.17) is 16.0 Å². The fourth-order valence-electron chi connectivity index (χ4n) is 1.34. The van der Waals surface area contributed by atoms with Crippen molar-refractivity contribution in [2.45, 2.75) is 32.6 Å². The molecule has 0 bridgehead atoms. The Hall–Kier alpha value is -0.960. The Kier molecular flexibility index (Phi) is 4.21. The van der Waals surface area contributed by atoms with Crippen LogP contribution in [0.2, 0.25) is 0 Å². The minimum Gasteiger partial charge on any atom is -0.466 e. The van der Waals surface area contributed by atoms with E-state index in [1.54, 1.807) is 13.0 Å². The zero-order valence-electron chi connectivity index (χ0n) is 9.26. The molecule has 84 valence electrons. The predicted octanol–water partition coefficient (Wildman–Crippen LogP) is 2.64. The lowest BCUT2D eigenvalue weighted by molar-refractivity contribution is 0.0952. The van der Waals surface area contributed by atoms with Gasteiger partial charge in [0.15, 0.2) is 0 Å². The molecule has 0 aromatic carbocycles. The molecule has 0 aliphatic rings. The van der Waals surface area contributed by atoms with Gasteiger partial charge in [-0.3, -0.25) is 4.79 Å².